The normalized spacial score (nSPS) is 12.6. The highest BCUT2D eigenvalue weighted by Crippen LogP contribution is 2.06. The number of likely N-dealkylation sites (N-methyl/N-ethyl adjacent to an activating group) is 1. The quantitative estimate of drug-likeness (QED) is 0.250. The van der Waals surface area contributed by atoms with E-state index in [-0.39, 0.29) is 24.0 Å². The molecule has 6 heteroatoms. The van der Waals surface area contributed by atoms with Crippen molar-refractivity contribution in [1.82, 2.24) is 15.5 Å². The van der Waals surface area contributed by atoms with E-state index in [4.69, 9.17) is 4.74 Å². The first-order chi connectivity index (χ1) is 11.2. The first kappa shape index (κ1) is 23.1. The van der Waals surface area contributed by atoms with Crippen LogP contribution < -0.4 is 10.6 Å². The van der Waals surface area contributed by atoms with Gasteiger partial charge >= 0.3 is 0 Å². The molecule has 0 heterocycles. The zero-order valence-electron chi connectivity index (χ0n) is 15.4. The Kier molecular flexibility index (Phi) is 14.0. The molecule has 1 aromatic rings. The Bertz CT molecular complexity index is 442. The standard InChI is InChI=1S/C18H32N4O.HI/c1-5-19-18(20-12-9-13-23-4)21-14-16(2)22(3)15-17-10-7-6-8-11-17;/h6-8,10-11,16H,5,9,12-15H2,1-4H3,(H2,19,20,21);1H. The van der Waals surface area contributed by atoms with Crippen LogP contribution in [0.4, 0.5) is 0 Å². The third kappa shape index (κ3) is 10.1. The third-order valence-electron chi connectivity index (χ3n) is 3.70. The van der Waals surface area contributed by atoms with Crippen LogP contribution in [0.2, 0.25) is 0 Å². The molecule has 0 saturated carbocycles. The van der Waals surface area contributed by atoms with Crippen LogP contribution in [0, 0.1) is 0 Å². The molecule has 1 atom stereocenters. The van der Waals surface area contributed by atoms with Gasteiger partial charge in [-0.1, -0.05) is 30.3 Å². The van der Waals surface area contributed by atoms with Crippen LogP contribution in [-0.2, 0) is 11.3 Å². The minimum absolute atomic E-state index is 0. The molecule has 0 aromatic heterocycles. The topological polar surface area (TPSA) is 48.9 Å². The molecule has 1 unspecified atom stereocenters. The Morgan fingerprint density at radius 3 is 2.58 bits per heavy atom. The van der Waals surface area contributed by atoms with Gasteiger partial charge in [-0.25, -0.2) is 0 Å². The van der Waals surface area contributed by atoms with E-state index in [0.29, 0.717) is 6.04 Å². The molecule has 0 aliphatic carbocycles. The molecule has 1 aromatic carbocycles. The summed E-state index contributed by atoms with van der Waals surface area (Å²) >= 11 is 0. The molecule has 24 heavy (non-hydrogen) atoms. The highest BCUT2D eigenvalue weighted by atomic mass is 127. The maximum atomic E-state index is 5.06. The van der Waals surface area contributed by atoms with Gasteiger partial charge in [-0.15, -0.1) is 24.0 Å². The fraction of sp³-hybridized carbons (Fsp3) is 0.611. The SMILES string of the molecule is CCNC(=NCC(C)N(C)Cc1ccccc1)NCCCOC.I. The fourth-order valence-electron chi connectivity index (χ4n) is 2.16. The number of nitrogens with zero attached hydrogens (tertiary/aromatic N) is 2. The number of hydrogen-bond donors (Lipinski definition) is 2. The van der Waals surface area contributed by atoms with Gasteiger partial charge in [0.25, 0.3) is 0 Å². The van der Waals surface area contributed by atoms with E-state index in [1.165, 1.54) is 5.56 Å². The van der Waals surface area contributed by atoms with Crippen molar-refractivity contribution in [3.05, 3.63) is 35.9 Å². The van der Waals surface area contributed by atoms with Gasteiger partial charge in [0.05, 0.1) is 6.54 Å². The van der Waals surface area contributed by atoms with Crippen molar-refractivity contribution in [2.75, 3.05) is 40.4 Å². The van der Waals surface area contributed by atoms with Crippen LogP contribution in [0.25, 0.3) is 0 Å². The third-order valence-corrected chi connectivity index (χ3v) is 3.70. The zero-order valence-corrected chi connectivity index (χ0v) is 17.7. The minimum atomic E-state index is 0. The predicted molar refractivity (Wildman–Crippen MR) is 113 cm³/mol. The van der Waals surface area contributed by atoms with Gasteiger partial charge in [-0.2, -0.15) is 0 Å². The number of nitrogens with one attached hydrogen (secondary N) is 2. The number of methoxy groups -OCH3 is 1. The smallest absolute Gasteiger partial charge is 0.191 e. The average Bonchev–Trinajstić information content (AvgIpc) is 2.57. The Hall–Kier alpha value is -0.860. The fourth-order valence-corrected chi connectivity index (χ4v) is 2.16. The summed E-state index contributed by atoms with van der Waals surface area (Å²) in [5.41, 5.74) is 1.33. The summed E-state index contributed by atoms with van der Waals surface area (Å²) in [4.78, 5) is 7.01. The van der Waals surface area contributed by atoms with Crippen molar-refractivity contribution in [3.63, 3.8) is 0 Å². The molecule has 0 bridgehead atoms. The summed E-state index contributed by atoms with van der Waals surface area (Å²) in [7, 11) is 3.87. The van der Waals surface area contributed by atoms with E-state index in [9.17, 15) is 0 Å². The number of hydrogen-bond acceptors (Lipinski definition) is 3. The second-order valence-corrected chi connectivity index (χ2v) is 5.74. The van der Waals surface area contributed by atoms with Crippen LogP contribution in [0.3, 0.4) is 0 Å². The van der Waals surface area contributed by atoms with Crippen molar-refractivity contribution < 1.29 is 4.74 Å². The van der Waals surface area contributed by atoms with E-state index in [1.54, 1.807) is 7.11 Å². The van der Waals surface area contributed by atoms with Gasteiger partial charge in [-0.05, 0) is 32.9 Å². The number of rotatable bonds is 10. The van der Waals surface area contributed by atoms with Crippen molar-refractivity contribution >= 4 is 29.9 Å². The maximum absolute atomic E-state index is 5.06. The molecular formula is C18H33IN4O. The lowest BCUT2D eigenvalue weighted by Crippen LogP contribution is -2.39. The van der Waals surface area contributed by atoms with Crippen molar-refractivity contribution in [2.45, 2.75) is 32.9 Å². The molecule has 0 fully saturated rings. The summed E-state index contributed by atoms with van der Waals surface area (Å²) in [6, 6.07) is 10.9. The molecule has 0 amide bonds. The second-order valence-electron chi connectivity index (χ2n) is 5.74. The molecule has 0 radical (unpaired) electrons. The van der Waals surface area contributed by atoms with Gasteiger partial charge < -0.3 is 15.4 Å². The number of guanidine groups is 1. The van der Waals surface area contributed by atoms with Gasteiger partial charge in [0.15, 0.2) is 5.96 Å². The van der Waals surface area contributed by atoms with Gasteiger partial charge in [0.1, 0.15) is 0 Å². The Morgan fingerprint density at radius 1 is 1.25 bits per heavy atom. The maximum Gasteiger partial charge on any atom is 0.191 e. The summed E-state index contributed by atoms with van der Waals surface area (Å²) in [5, 5.41) is 6.62. The van der Waals surface area contributed by atoms with Crippen molar-refractivity contribution in [2.24, 2.45) is 4.99 Å². The van der Waals surface area contributed by atoms with Crippen LogP contribution in [-0.4, -0.2) is 57.3 Å². The Balaban J connectivity index is 0.00000529. The number of benzene rings is 1. The number of ether oxygens (including phenoxy) is 1. The van der Waals surface area contributed by atoms with E-state index < -0.39 is 0 Å². The molecule has 138 valence electrons. The van der Waals surface area contributed by atoms with E-state index in [0.717, 1.165) is 45.2 Å². The highest BCUT2D eigenvalue weighted by molar-refractivity contribution is 14.0. The van der Waals surface area contributed by atoms with Crippen LogP contribution in [0.15, 0.2) is 35.3 Å². The first-order valence-corrected chi connectivity index (χ1v) is 8.42. The lowest BCUT2D eigenvalue weighted by Gasteiger charge is -2.24. The number of halogens is 1. The largest absolute Gasteiger partial charge is 0.385 e. The monoisotopic (exact) mass is 448 g/mol. The van der Waals surface area contributed by atoms with E-state index in [2.05, 4.69) is 71.8 Å². The molecular weight excluding hydrogens is 415 g/mol. The Morgan fingerprint density at radius 2 is 1.96 bits per heavy atom. The lowest BCUT2D eigenvalue weighted by molar-refractivity contribution is 0.195. The average molecular weight is 448 g/mol. The summed E-state index contributed by atoms with van der Waals surface area (Å²) in [6.07, 6.45) is 0.977. The lowest BCUT2D eigenvalue weighted by atomic mass is 10.2. The summed E-state index contributed by atoms with van der Waals surface area (Å²) < 4.78 is 5.06. The molecule has 1 rings (SSSR count). The van der Waals surface area contributed by atoms with Crippen molar-refractivity contribution in [3.8, 4) is 0 Å². The molecule has 0 spiro atoms. The Labute approximate surface area is 164 Å². The summed E-state index contributed by atoms with van der Waals surface area (Å²) in [6.45, 7) is 8.50. The predicted octanol–water partition coefficient (Wildman–Crippen LogP) is 2.72. The molecule has 0 saturated heterocycles. The second kappa shape index (κ2) is 14.5. The van der Waals surface area contributed by atoms with Crippen molar-refractivity contribution in [1.29, 1.82) is 0 Å². The summed E-state index contributed by atoms with van der Waals surface area (Å²) in [5.74, 6) is 0.878. The number of aliphatic imine (C=N–C) groups is 1. The zero-order chi connectivity index (χ0) is 16.9. The van der Waals surface area contributed by atoms with Crippen LogP contribution in [0.5, 0.6) is 0 Å². The van der Waals surface area contributed by atoms with E-state index >= 15 is 0 Å². The van der Waals surface area contributed by atoms with Crippen LogP contribution >= 0.6 is 24.0 Å². The molecule has 5 nitrogen and oxygen atoms in total. The molecule has 0 aliphatic rings. The highest BCUT2D eigenvalue weighted by Gasteiger charge is 2.09. The van der Waals surface area contributed by atoms with Gasteiger partial charge in [0, 0.05) is 39.4 Å². The molecule has 2 N–H and O–H groups in total. The minimum Gasteiger partial charge on any atom is -0.385 e. The van der Waals surface area contributed by atoms with Crippen LogP contribution in [0.1, 0.15) is 25.8 Å². The van der Waals surface area contributed by atoms with Gasteiger partial charge in [0.2, 0.25) is 0 Å². The first-order valence-electron chi connectivity index (χ1n) is 8.42. The molecule has 0 aliphatic heterocycles. The van der Waals surface area contributed by atoms with E-state index in [1.807, 2.05) is 0 Å². The van der Waals surface area contributed by atoms with Gasteiger partial charge in [-0.3, -0.25) is 9.89 Å².